The van der Waals surface area contributed by atoms with Crippen LogP contribution in [0.2, 0.25) is 10.0 Å². The average Bonchev–Trinajstić information content (AvgIpc) is 2.46. The Bertz CT molecular complexity index is 555. The molecule has 2 aromatic carbocycles. The summed E-state index contributed by atoms with van der Waals surface area (Å²) in [4.78, 5) is 1.19. The van der Waals surface area contributed by atoms with Gasteiger partial charge in [0.1, 0.15) is 0 Å². The molecule has 1 N–H and O–H groups in total. The fourth-order valence-corrected chi connectivity index (χ4v) is 3.10. The lowest BCUT2D eigenvalue weighted by Crippen LogP contribution is -2.11. The lowest BCUT2D eigenvalue weighted by molar-refractivity contribution is 0.726. The van der Waals surface area contributed by atoms with Crippen LogP contribution < -0.4 is 5.32 Å². The molecule has 0 spiro atoms. The van der Waals surface area contributed by atoms with Gasteiger partial charge in [0.2, 0.25) is 0 Å². The van der Waals surface area contributed by atoms with Crippen molar-refractivity contribution in [1.29, 1.82) is 0 Å². The lowest BCUT2D eigenvalue weighted by Gasteiger charge is -2.08. The van der Waals surface area contributed by atoms with Gasteiger partial charge in [0.15, 0.2) is 0 Å². The van der Waals surface area contributed by atoms with Gasteiger partial charge in [-0.05, 0) is 41.9 Å². The Hall–Kier alpha value is -0.670. The smallest absolute Gasteiger partial charge is 0.0462 e. The molecular formula is C16H17Cl2NS. The van der Waals surface area contributed by atoms with Crippen LogP contribution in [0.25, 0.3) is 0 Å². The maximum absolute atomic E-state index is 6.30. The van der Waals surface area contributed by atoms with E-state index in [2.05, 4.69) is 36.5 Å². The highest BCUT2D eigenvalue weighted by molar-refractivity contribution is 7.98. The van der Waals surface area contributed by atoms with Crippen LogP contribution in [0.15, 0.2) is 47.4 Å². The highest BCUT2D eigenvalue weighted by atomic mass is 35.5. The monoisotopic (exact) mass is 325 g/mol. The van der Waals surface area contributed by atoms with Crippen molar-refractivity contribution in [3.8, 4) is 0 Å². The van der Waals surface area contributed by atoms with Crippen LogP contribution in [0.3, 0.4) is 0 Å². The van der Waals surface area contributed by atoms with E-state index in [9.17, 15) is 0 Å². The summed E-state index contributed by atoms with van der Waals surface area (Å²) in [5.41, 5.74) is 2.40. The summed E-state index contributed by atoms with van der Waals surface area (Å²) in [6.45, 7) is 3.85. The Morgan fingerprint density at radius 1 is 1.05 bits per heavy atom. The molecule has 0 aliphatic rings. The van der Waals surface area contributed by atoms with Crippen molar-refractivity contribution < 1.29 is 0 Å². The quantitative estimate of drug-likeness (QED) is 0.714. The van der Waals surface area contributed by atoms with E-state index in [1.54, 1.807) is 11.8 Å². The molecule has 0 heterocycles. The van der Waals surface area contributed by atoms with Crippen LogP contribution in [0.1, 0.15) is 18.1 Å². The first-order valence-electron chi connectivity index (χ1n) is 6.55. The largest absolute Gasteiger partial charge is 0.313 e. The molecule has 20 heavy (non-hydrogen) atoms. The lowest BCUT2D eigenvalue weighted by atomic mass is 10.2. The summed E-state index contributed by atoms with van der Waals surface area (Å²) < 4.78 is 0. The Labute approximate surface area is 134 Å². The average molecular weight is 326 g/mol. The first-order valence-corrected chi connectivity index (χ1v) is 8.29. The van der Waals surface area contributed by atoms with Crippen molar-refractivity contribution in [2.75, 3.05) is 6.54 Å². The number of nitrogens with one attached hydrogen (secondary N) is 1. The number of thioether (sulfide) groups is 1. The van der Waals surface area contributed by atoms with Crippen LogP contribution in [0.5, 0.6) is 0 Å². The molecule has 106 valence electrons. The molecule has 0 bridgehead atoms. The molecule has 1 nitrogen and oxygen atoms in total. The minimum absolute atomic E-state index is 0.773. The summed E-state index contributed by atoms with van der Waals surface area (Å²) in [7, 11) is 0. The molecule has 0 aromatic heterocycles. The summed E-state index contributed by atoms with van der Waals surface area (Å²) in [6.07, 6.45) is 0. The number of benzene rings is 2. The van der Waals surface area contributed by atoms with Crippen molar-refractivity contribution in [1.82, 2.24) is 5.32 Å². The molecule has 0 saturated heterocycles. The van der Waals surface area contributed by atoms with Gasteiger partial charge >= 0.3 is 0 Å². The van der Waals surface area contributed by atoms with E-state index in [0.717, 1.165) is 34.5 Å². The predicted octanol–water partition coefficient (Wildman–Crippen LogP) is 5.40. The van der Waals surface area contributed by atoms with E-state index < -0.39 is 0 Å². The van der Waals surface area contributed by atoms with Crippen molar-refractivity contribution >= 4 is 35.0 Å². The zero-order valence-corrected chi connectivity index (χ0v) is 13.7. The van der Waals surface area contributed by atoms with Gasteiger partial charge in [-0.15, -0.1) is 11.8 Å². The van der Waals surface area contributed by atoms with Gasteiger partial charge in [0, 0.05) is 27.2 Å². The van der Waals surface area contributed by atoms with E-state index in [4.69, 9.17) is 23.2 Å². The van der Waals surface area contributed by atoms with E-state index in [1.165, 1.54) is 10.5 Å². The molecule has 0 saturated carbocycles. The Morgan fingerprint density at radius 3 is 2.45 bits per heavy atom. The van der Waals surface area contributed by atoms with Gasteiger partial charge in [0.25, 0.3) is 0 Å². The van der Waals surface area contributed by atoms with E-state index in [1.807, 2.05) is 18.2 Å². The maximum Gasteiger partial charge on any atom is 0.0462 e. The molecule has 0 aliphatic heterocycles. The first kappa shape index (κ1) is 15.7. The van der Waals surface area contributed by atoms with Crippen LogP contribution in [0, 0.1) is 0 Å². The number of hydrogen-bond donors (Lipinski definition) is 1. The van der Waals surface area contributed by atoms with Gasteiger partial charge in [-0.3, -0.25) is 0 Å². The topological polar surface area (TPSA) is 12.0 Å². The molecule has 0 aliphatic carbocycles. The second-order valence-corrected chi connectivity index (χ2v) is 6.34. The maximum atomic E-state index is 6.30. The second-order valence-electron chi connectivity index (χ2n) is 4.45. The fourth-order valence-electron chi connectivity index (χ4n) is 1.77. The summed E-state index contributed by atoms with van der Waals surface area (Å²) >= 11 is 14.0. The van der Waals surface area contributed by atoms with Crippen molar-refractivity contribution in [2.45, 2.75) is 24.1 Å². The van der Waals surface area contributed by atoms with Crippen LogP contribution in [0.4, 0.5) is 0 Å². The minimum atomic E-state index is 0.773. The third kappa shape index (κ3) is 4.71. The Morgan fingerprint density at radius 2 is 1.80 bits per heavy atom. The van der Waals surface area contributed by atoms with Crippen LogP contribution in [-0.4, -0.2) is 6.54 Å². The molecule has 2 rings (SSSR count). The minimum Gasteiger partial charge on any atom is -0.313 e. The van der Waals surface area contributed by atoms with Gasteiger partial charge in [-0.2, -0.15) is 0 Å². The third-order valence-electron chi connectivity index (χ3n) is 2.91. The van der Waals surface area contributed by atoms with Gasteiger partial charge in [0.05, 0.1) is 0 Å². The van der Waals surface area contributed by atoms with Gasteiger partial charge < -0.3 is 5.32 Å². The predicted molar refractivity (Wildman–Crippen MR) is 89.8 cm³/mol. The van der Waals surface area contributed by atoms with Gasteiger partial charge in [-0.25, -0.2) is 0 Å². The number of halogens is 2. The fraction of sp³-hybridized carbons (Fsp3) is 0.250. The molecule has 4 heteroatoms. The van der Waals surface area contributed by atoms with Crippen LogP contribution >= 0.6 is 35.0 Å². The third-order valence-corrected chi connectivity index (χ3v) is 4.58. The van der Waals surface area contributed by atoms with Crippen LogP contribution in [-0.2, 0) is 12.3 Å². The van der Waals surface area contributed by atoms with Crippen molar-refractivity contribution in [3.05, 3.63) is 63.6 Å². The molecular weight excluding hydrogens is 309 g/mol. The van der Waals surface area contributed by atoms with E-state index in [-0.39, 0.29) is 0 Å². The zero-order chi connectivity index (χ0) is 14.4. The SMILES string of the molecule is CCNCc1ccc(SCc2ccc(Cl)cc2)cc1Cl. The Balaban J connectivity index is 1.96. The number of rotatable bonds is 6. The van der Waals surface area contributed by atoms with E-state index in [0.29, 0.717) is 0 Å². The molecule has 0 atom stereocenters. The first-order chi connectivity index (χ1) is 9.69. The summed E-state index contributed by atoms with van der Waals surface area (Å²) in [6, 6.07) is 14.2. The zero-order valence-electron chi connectivity index (χ0n) is 11.3. The summed E-state index contributed by atoms with van der Waals surface area (Å²) in [5, 5.41) is 4.88. The highest BCUT2D eigenvalue weighted by Gasteiger charge is 2.03. The highest BCUT2D eigenvalue weighted by Crippen LogP contribution is 2.28. The molecule has 0 radical (unpaired) electrons. The summed E-state index contributed by atoms with van der Waals surface area (Å²) in [5.74, 6) is 0.917. The van der Waals surface area contributed by atoms with E-state index >= 15 is 0 Å². The van der Waals surface area contributed by atoms with Gasteiger partial charge in [-0.1, -0.05) is 48.3 Å². The molecule has 0 fully saturated rings. The normalized spacial score (nSPS) is 10.8. The standard InChI is InChI=1S/C16H17Cl2NS/c1-2-19-10-13-5-8-15(9-16(13)18)20-11-12-3-6-14(17)7-4-12/h3-9,19H,2,10-11H2,1H3. The van der Waals surface area contributed by atoms with Crippen molar-refractivity contribution in [3.63, 3.8) is 0 Å². The molecule has 0 unspecified atom stereocenters. The van der Waals surface area contributed by atoms with Crippen molar-refractivity contribution in [2.24, 2.45) is 0 Å². The second kappa shape index (κ2) is 7.94. The number of hydrogen-bond acceptors (Lipinski definition) is 2. The Kier molecular flexibility index (Phi) is 6.24. The molecule has 0 amide bonds. The molecule has 2 aromatic rings.